The molecule has 6 heteroatoms. The molecule has 2 aromatic heterocycles. The van der Waals surface area contributed by atoms with Crippen molar-refractivity contribution in [2.45, 2.75) is 33.6 Å². The minimum absolute atomic E-state index is 0.112. The third-order valence-electron chi connectivity index (χ3n) is 2.35. The normalized spacial score (nSPS) is 10.9. The molecule has 0 saturated heterocycles. The Bertz CT molecular complexity index is 572. The Morgan fingerprint density at radius 2 is 2.06 bits per heavy atom. The molecule has 96 valence electrons. The molecule has 0 spiro atoms. The van der Waals surface area contributed by atoms with Gasteiger partial charge in [-0.2, -0.15) is 0 Å². The summed E-state index contributed by atoms with van der Waals surface area (Å²) >= 11 is 2.87. The van der Waals surface area contributed by atoms with Crippen LogP contribution in [-0.2, 0) is 0 Å². The molecule has 0 aliphatic rings. The van der Waals surface area contributed by atoms with Gasteiger partial charge >= 0.3 is 0 Å². The average Bonchev–Trinajstić information content (AvgIpc) is 2.85. The number of amides is 1. The summed E-state index contributed by atoms with van der Waals surface area (Å²) in [6.07, 6.45) is 0. The van der Waals surface area contributed by atoms with Crippen LogP contribution in [0.15, 0.2) is 5.38 Å². The molecule has 0 aromatic carbocycles. The SMILES string of the molecule is Cc1csc(NC(=O)c2sc(C)nc2C(C)C)n1. The third-order valence-corrected chi connectivity index (χ3v) is 4.21. The van der Waals surface area contributed by atoms with E-state index in [4.69, 9.17) is 0 Å². The number of hydrogen-bond acceptors (Lipinski definition) is 5. The van der Waals surface area contributed by atoms with Crippen molar-refractivity contribution in [2.24, 2.45) is 0 Å². The number of carbonyl (C=O) groups is 1. The molecule has 0 aliphatic heterocycles. The number of hydrogen-bond donors (Lipinski definition) is 1. The Kier molecular flexibility index (Phi) is 3.77. The van der Waals surface area contributed by atoms with Crippen LogP contribution in [-0.4, -0.2) is 15.9 Å². The second-order valence-electron chi connectivity index (χ2n) is 4.35. The summed E-state index contributed by atoms with van der Waals surface area (Å²) < 4.78 is 0. The maximum absolute atomic E-state index is 12.2. The molecule has 0 atom stereocenters. The summed E-state index contributed by atoms with van der Waals surface area (Å²) in [6, 6.07) is 0. The molecule has 0 fully saturated rings. The van der Waals surface area contributed by atoms with Crippen LogP contribution in [0.5, 0.6) is 0 Å². The van der Waals surface area contributed by atoms with Gasteiger partial charge in [0.1, 0.15) is 4.88 Å². The smallest absolute Gasteiger partial charge is 0.269 e. The first-order chi connectivity index (χ1) is 8.47. The Hall–Kier alpha value is -1.27. The lowest BCUT2D eigenvalue weighted by atomic mass is 10.1. The average molecular weight is 281 g/mol. The topological polar surface area (TPSA) is 54.9 Å². The largest absolute Gasteiger partial charge is 0.297 e. The van der Waals surface area contributed by atoms with Gasteiger partial charge in [0.2, 0.25) is 0 Å². The zero-order valence-electron chi connectivity index (χ0n) is 10.8. The van der Waals surface area contributed by atoms with E-state index in [2.05, 4.69) is 15.3 Å². The molecule has 2 rings (SSSR count). The highest BCUT2D eigenvalue weighted by Gasteiger charge is 2.19. The second kappa shape index (κ2) is 5.16. The zero-order chi connectivity index (χ0) is 13.3. The van der Waals surface area contributed by atoms with Crippen LogP contribution in [0, 0.1) is 13.8 Å². The second-order valence-corrected chi connectivity index (χ2v) is 6.41. The van der Waals surface area contributed by atoms with Gasteiger partial charge in [0.25, 0.3) is 5.91 Å². The predicted octanol–water partition coefficient (Wildman–Crippen LogP) is 3.59. The van der Waals surface area contributed by atoms with E-state index in [1.807, 2.05) is 33.1 Å². The number of aryl methyl sites for hydroxylation is 2. The van der Waals surface area contributed by atoms with Gasteiger partial charge in [-0.3, -0.25) is 10.1 Å². The highest BCUT2D eigenvalue weighted by molar-refractivity contribution is 7.15. The Morgan fingerprint density at radius 1 is 1.33 bits per heavy atom. The lowest BCUT2D eigenvalue weighted by molar-refractivity contribution is 0.102. The summed E-state index contributed by atoms with van der Waals surface area (Å²) in [7, 11) is 0. The maximum atomic E-state index is 12.2. The summed E-state index contributed by atoms with van der Waals surface area (Å²) in [6.45, 7) is 7.90. The molecule has 0 unspecified atom stereocenters. The molecular weight excluding hydrogens is 266 g/mol. The highest BCUT2D eigenvalue weighted by Crippen LogP contribution is 2.26. The predicted molar refractivity (Wildman–Crippen MR) is 75.7 cm³/mol. The van der Waals surface area contributed by atoms with Crippen molar-refractivity contribution in [3.63, 3.8) is 0 Å². The van der Waals surface area contributed by atoms with Gasteiger partial charge in [-0.05, 0) is 19.8 Å². The Morgan fingerprint density at radius 3 is 2.61 bits per heavy atom. The van der Waals surface area contributed by atoms with E-state index in [-0.39, 0.29) is 11.8 Å². The fourth-order valence-corrected chi connectivity index (χ4v) is 3.21. The molecule has 0 bridgehead atoms. The standard InChI is InChI=1S/C12H15N3OS2/c1-6(2)9-10(18-8(4)14-9)11(16)15-12-13-7(3)5-17-12/h5-6H,1-4H3,(H,13,15,16). The van der Waals surface area contributed by atoms with Crippen LogP contribution in [0.3, 0.4) is 0 Å². The molecule has 0 saturated carbocycles. The molecule has 18 heavy (non-hydrogen) atoms. The first-order valence-electron chi connectivity index (χ1n) is 5.68. The van der Waals surface area contributed by atoms with Crippen LogP contribution >= 0.6 is 22.7 Å². The van der Waals surface area contributed by atoms with E-state index in [1.165, 1.54) is 22.7 Å². The lowest BCUT2D eigenvalue weighted by Crippen LogP contribution is -2.12. The molecule has 0 aliphatic carbocycles. The minimum Gasteiger partial charge on any atom is -0.297 e. The highest BCUT2D eigenvalue weighted by atomic mass is 32.1. The van der Waals surface area contributed by atoms with Crippen LogP contribution < -0.4 is 5.32 Å². The van der Waals surface area contributed by atoms with Crippen LogP contribution in [0.2, 0.25) is 0 Å². The Labute approximate surface area is 114 Å². The van der Waals surface area contributed by atoms with E-state index in [0.717, 1.165) is 16.4 Å². The van der Waals surface area contributed by atoms with Crippen molar-refractivity contribution in [1.29, 1.82) is 0 Å². The molecule has 0 radical (unpaired) electrons. The van der Waals surface area contributed by atoms with Crippen LogP contribution in [0.25, 0.3) is 0 Å². The van der Waals surface area contributed by atoms with E-state index in [0.29, 0.717) is 10.0 Å². The first-order valence-corrected chi connectivity index (χ1v) is 7.37. The number of anilines is 1. The number of aromatic nitrogens is 2. The van der Waals surface area contributed by atoms with Crippen molar-refractivity contribution >= 4 is 33.7 Å². The van der Waals surface area contributed by atoms with Crippen molar-refractivity contribution < 1.29 is 4.79 Å². The first kappa shape index (κ1) is 13.2. The molecule has 2 heterocycles. The zero-order valence-corrected chi connectivity index (χ0v) is 12.4. The van der Waals surface area contributed by atoms with Gasteiger partial charge in [-0.1, -0.05) is 13.8 Å². The summed E-state index contributed by atoms with van der Waals surface area (Å²) in [4.78, 5) is 21.5. The molecule has 1 N–H and O–H groups in total. The van der Waals surface area contributed by atoms with Gasteiger partial charge in [-0.25, -0.2) is 9.97 Å². The molecule has 2 aromatic rings. The van der Waals surface area contributed by atoms with Crippen LogP contribution in [0.1, 0.15) is 45.8 Å². The van der Waals surface area contributed by atoms with Crippen molar-refractivity contribution in [3.8, 4) is 0 Å². The number of carbonyl (C=O) groups excluding carboxylic acids is 1. The van der Waals surface area contributed by atoms with Crippen molar-refractivity contribution in [1.82, 2.24) is 9.97 Å². The number of rotatable bonds is 3. The van der Waals surface area contributed by atoms with E-state index in [1.54, 1.807) is 0 Å². The van der Waals surface area contributed by atoms with Gasteiger partial charge in [-0.15, -0.1) is 22.7 Å². The summed E-state index contributed by atoms with van der Waals surface area (Å²) in [5.74, 6) is 0.132. The monoisotopic (exact) mass is 281 g/mol. The van der Waals surface area contributed by atoms with E-state index in [9.17, 15) is 4.79 Å². The van der Waals surface area contributed by atoms with Gasteiger partial charge in [0.15, 0.2) is 5.13 Å². The number of nitrogens with zero attached hydrogens (tertiary/aromatic N) is 2. The number of nitrogens with one attached hydrogen (secondary N) is 1. The molecular formula is C12H15N3OS2. The summed E-state index contributed by atoms with van der Waals surface area (Å²) in [5, 5.41) is 6.29. The van der Waals surface area contributed by atoms with Crippen molar-refractivity contribution in [3.05, 3.63) is 26.7 Å². The van der Waals surface area contributed by atoms with Gasteiger partial charge in [0.05, 0.1) is 16.4 Å². The molecule has 1 amide bonds. The van der Waals surface area contributed by atoms with Gasteiger partial charge in [0, 0.05) is 5.38 Å². The van der Waals surface area contributed by atoms with E-state index < -0.39 is 0 Å². The number of thiazole rings is 2. The Balaban J connectivity index is 2.23. The fraction of sp³-hybridized carbons (Fsp3) is 0.417. The maximum Gasteiger partial charge on any atom is 0.269 e. The minimum atomic E-state index is -0.112. The summed E-state index contributed by atoms with van der Waals surface area (Å²) in [5.41, 5.74) is 1.78. The quantitative estimate of drug-likeness (QED) is 0.935. The lowest BCUT2D eigenvalue weighted by Gasteiger charge is -2.04. The van der Waals surface area contributed by atoms with E-state index >= 15 is 0 Å². The van der Waals surface area contributed by atoms with Crippen molar-refractivity contribution in [2.75, 3.05) is 5.32 Å². The molecule has 4 nitrogen and oxygen atoms in total. The fourth-order valence-electron chi connectivity index (χ4n) is 1.56. The third kappa shape index (κ3) is 2.76. The van der Waals surface area contributed by atoms with Crippen LogP contribution in [0.4, 0.5) is 5.13 Å². The van der Waals surface area contributed by atoms with Gasteiger partial charge < -0.3 is 0 Å².